The lowest BCUT2D eigenvalue weighted by Crippen LogP contribution is -2.33. The summed E-state index contributed by atoms with van der Waals surface area (Å²) in [5.74, 6) is 1.06. The van der Waals surface area contributed by atoms with Crippen LogP contribution in [0.2, 0.25) is 0 Å². The van der Waals surface area contributed by atoms with E-state index in [0.29, 0.717) is 6.04 Å². The lowest BCUT2D eigenvalue weighted by atomic mass is 10.2. The fourth-order valence-corrected chi connectivity index (χ4v) is 3.00. The third kappa shape index (κ3) is 4.73. The molecule has 1 aromatic heterocycles. The van der Waals surface area contributed by atoms with Crippen LogP contribution in [0.25, 0.3) is 0 Å². The molecule has 0 saturated carbocycles. The topological polar surface area (TPSA) is 29.9 Å². The van der Waals surface area contributed by atoms with Crippen molar-refractivity contribution in [1.29, 1.82) is 0 Å². The van der Waals surface area contributed by atoms with Gasteiger partial charge in [-0.15, -0.1) is 11.8 Å². The summed E-state index contributed by atoms with van der Waals surface area (Å²) >= 11 is 1.90. The number of hydrogen-bond acceptors (Lipinski definition) is 3. The quantitative estimate of drug-likeness (QED) is 0.788. The van der Waals surface area contributed by atoms with Crippen LogP contribution < -0.4 is 5.32 Å². The highest BCUT2D eigenvalue weighted by Gasteiger charge is 2.10. The molecule has 1 atom stereocenters. The van der Waals surface area contributed by atoms with Crippen LogP contribution in [-0.4, -0.2) is 28.1 Å². The first-order chi connectivity index (χ1) is 9.28. The summed E-state index contributed by atoms with van der Waals surface area (Å²) < 4.78 is 1.86. The Morgan fingerprint density at radius 2 is 2.05 bits per heavy atom. The van der Waals surface area contributed by atoms with E-state index in [9.17, 15) is 0 Å². The van der Waals surface area contributed by atoms with E-state index in [-0.39, 0.29) is 0 Å². The normalized spacial score (nSPS) is 12.5. The van der Waals surface area contributed by atoms with Gasteiger partial charge >= 0.3 is 0 Å². The zero-order valence-electron chi connectivity index (χ0n) is 11.5. The van der Waals surface area contributed by atoms with Gasteiger partial charge in [-0.1, -0.05) is 25.1 Å². The summed E-state index contributed by atoms with van der Waals surface area (Å²) in [6.45, 7) is 3.14. The minimum absolute atomic E-state index is 0.463. The van der Waals surface area contributed by atoms with Gasteiger partial charge in [0.05, 0.1) is 5.69 Å². The molecule has 0 radical (unpaired) electrons. The van der Waals surface area contributed by atoms with Crippen LogP contribution in [0, 0.1) is 0 Å². The second-order valence-electron chi connectivity index (χ2n) is 4.56. The molecule has 0 fully saturated rings. The van der Waals surface area contributed by atoms with Crippen LogP contribution in [-0.2, 0) is 13.5 Å². The van der Waals surface area contributed by atoms with Crippen LogP contribution >= 0.6 is 11.8 Å². The number of thioether (sulfide) groups is 1. The average molecular weight is 275 g/mol. The first kappa shape index (κ1) is 14.2. The number of nitrogens with zero attached hydrogens (tertiary/aromatic N) is 2. The van der Waals surface area contributed by atoms with Gasteiger partial charge in [0, 0.05) is 36.4 Å². The van der Waals surface area contributed by atoms with Crippen molar-refractivity contribution in [3.05, 3.63) is 48.3 Å². The molecule has 0 aliphatic heterocycles. The predicted octanol–water partition coefficient (Wildman–Crippen LogP) is 2.73. The zero-order chi connectivity index (χ0) is 13.5. The second-order valence-corrected chi connectivity index (χ2v) is 5.66. The van der Waals surface area contributed by atoms with Gasteiger partial charge in [0.1, 0.15) is 0 Å². The monoisotopic (exact) mass is 275 g/mol. The molecule has 0 aliphatic rings. The van der Waals surface area contributed by atoms with Crippen LogP contribution in [0.1, 0.15) is 12.6 Å². The molecule has 1 aromatic carbocycles. The van der Waals surface area contributed by atoms with Crippen molar-refractivity contribution in [2.24, 2.45) is 7.05 Å². The Labute approximate surface area is 119 Å². The van der Waals surface area contributed by atoms with E-state index in [1.54, 1.807) is 0 Å². The molecular formula is C15H21N3S. The number of hydrogen-bond donors (Lipinski definition) is 1. The van der Waals surface area contributed by atoms with Crippen molar-refractivity contribution >= 4 is 11.8 Å². The van der Waals surface area contributed by atoms with E-state index in [0.717, 1.165) is 24.4 Å². The number of benzene rings is 1. The summed E-state index contributed by atoms with van der Waals surface area (Å²) in [4.78, 5) is 1.33. The van der Waals surface area contributed by atoms with Crippen molar-refractivity contribution in [3.63, 3.8) is 0 Å². The van der Waals surface area contributed by atoms with E-state index < -0.39 is 0 Å². The molecule has 0 amide bonds. The number of aromatic nitrogens is 2. The van der Waals surface area contributed by atoms with Gasteiger partial charge < -0.3 is 5.32 Å². The molecule has 3 nitrogen and oxygen atoms in total. The number of rotatable bonds is 7. The number of aryl methyl sites for hydroxylation is 1. The highest BCUT2D eigenvalue weighted by atomic mass is 32.2. The Hall–Kier alpha value is -1.26. The third-order valence-corrected chi connectivity index (χ3v) is 4.09. The van der Waals surface area contributed by atoms with Crippen LogP contribution in [0.4, 0.5) is 0 Å². The fraction of sp³-hybridized carbons (Fsp3) is 0.400. The first-order valence-corrected chi connectivity index (χ1v) is 7.66. The van der Waals surface area contributed by atoms with Gasteiger partial charge in [-0.2, -0.15) is 5.10 Å². The molecule has 1 unspecified atom stereocenters. The molecule has 102 valence electrons. The van der Waals surface area contributed by atoms with Gasteiger partial charge in [-0.05, 0) is 24.7 Å². The van der Waals surface area contributed by atoms with Crippen LogP contribution in [0.15, 0.2) is 47.5 Å². The summed E-state index contributed by atoms with van der Waals surface area (Å²) in [5, 5.41) is 8.00. The molecule has 2 aromatic rings. The standard InChI is InChI=1S/C15H21N3S/c1-3-16-14(11-13-9-10-18(2)17-13)12-19-15-7-5-4-6-8-15/h4-10,14,16H,3,11-12H2,1-2H3. The van der Waals surface area contributed by atoms with Crippen molar-refractivity contribution in [3.8, 4) is 0 Å². The first-order valence-electron chi connectivity index (χ1n) is 6.67. The molecule has 0 spiro atoms. The summed E-state index contributed by atoms with van der Waals surface area (Å²) in [6.07, 6.45) is 2.98. The van der Waals surface area contributed by atoms with E-state index in [4.69, 9.17) is 0 Å². The molecule has 19 heavy (non-hydrogen) atoms. The molecule has 0 bridgehead atoms. The largest absolute Gasteiger partial charge is 0.313 e. The molecule has 0 aliphatic carbocycles. The lowest BCUT2D eigenvalue weighted by Gasteiger charge is -2.16. The smallest absolute Gasteiger partial charge is 0.0640 e. The predicted molar refractivity (Wildman–Crippen MR) is 81.5 cm³/mol. The van der Waals surface area contributed by atoms with Crippen molar-refractivity contribution in [1.82, 2.24) is 15.1 Å². The Kier molecular flexibility index (Phi) is 5.48. The number of likely N-dealkylation sites (N-methyl/N-ethyl adjacent to an activating group) is 1. The van der Waals surface area contributed by atoms with E-state index >= 15 is 0 Å². The van der Waals surface area contributed by atoms with Gasteiger partial charge in [-0.3, -0.25) is 4.68 Å². The maximum atomic E-state index is 4.46. The zero-order valence-corrected chi connectivity index (χ0v) is 12.4. The Bertz CT molecular complexity index is 481. The lowest BCUT2D eigenvalue weighted by molar-refractivity contribution is 0.561. The van der Waals surface area contributed by atoms with Crippen molar-refractivity contribution in [2.45, 2.75) is 24.3 Å². The van der Waals surface area contributed by atoms with Gasteiger partial charge in [0.2, 0.25) is 0 Å². The van der Waals surface area contributed by atoms with Crippen molar-refractivity contribution < 1.29 is 0 Å². The fourth-order valence-electron chi connectivity index (χ4n) is 2.02. The van der Waals surface area contributed by atoms with E-state index in [2.05, 4.69) is 53.7 Å². The Morgan fingerprint density at radius 3 is 2.68 bits per heavy atom. The van der Waals surface area contributed by atoms with Gasteiger partial charge in [0.15, 0.2) is 0 Å². The average Bonchev–Trinajstić information content (AvgIpc) is 2.83. The van der Waals surface area contributed by atoms with E-state index in [1.807, 2.05) is 29.7 Å². The minimum Gasteiger partial charge on any atom is -0.313 e. The third-order valence-electron chi connectivity index (χ3n) is 2.91. The highest BCUT2D eigenvalue weighted by molar-refractivity contribution is 7.99. The van der Waals surface area contributed by atoms with Crippen LogP contribution in [0.5, 0.6) is 0 Å². The minimum atomic E-state index is 0.463. The Balaban J connectivity index is 1.89. The van der Waals surface area contributed by atoms with E-state index in [1.165, 1.54) is 4.90 Å². The molecule has 4 heteroatoms. The summed E-state index contributed by atoms with van der Waals surface area (Å²) in [7, 11) is 1.96. The summed E-state index contributed by atoms with van der Waals surface area (Å²) in [6, 6.07) is 13.1. The maximum Gasteiger partial charge on any atom is 0.0640 e. The second kappa shape index (κ2) is 7.36. The van der Waals surface area contributed by atoms with Crippen LogP contribution in [0.3, 0.4) is 0 Å². The summed E-state index contributed by atoms with van der Waals surface area (Å²) in [5.41, 5.74) is 1.15. The van der Waals surface area contributed by atoms with Gasteiger partial charge in [0.25, 0.3) is 0 Å². The molecule has 1 N–H and O–H groups in total. The maximum absolute atomic E-state index is 4.46. The van der Waals surface area contributed by atoms with Crippen molar-refractivity contribution in [2.75, 3.05) is 12.3 Å². The molecule has 2 rings (SSSR count). The molecule has 0 saturated heterocycles. The SMILES string of the molecule is CCNC(CSc1ccccc1)Cc1ccn(C)n1. The number of nitrogens with one attached hydrogen (secondary N) is 1. The molecule has 1 heterocycles. The highest BCUT2D eigenvalue weighted by Crippen LogP contribution is 2.19. The molecular weight excluding hydrogens is 254 g/mol. The Morgan fingerprint density at radius 1 is 1.26 bits per heavy atom. The van der Waals surface area contributed by atoms with Gasteiger partial charge in [-0.25, -0.2) is 0 Å².